The number of hydrogen-bond acceptors (Lipinski definition) is 6. The molecule has 144 valence electrons. The zero-order valence-corrected chi connectivity index (χ0v) is 16.1. The molecule has 1 amide bonds. The minimum absolute atomic E-state index is 0.163. The lowest BCUT2D eigenvalue weighted by molar-refractivity contribution is -0.387. The molecule has 4 aromatic rings. The lowest BCUT2D eigenvalue weighted by Crippen LogP contribution is -2.12. The van der Waals surface area contributed by atoms with Crippen LogP contribution in [0.3, 0.4) is 0 Å². The average molecular weight is 405 g/mol. The standard InChI is InChI=1S/C20H15N5O3S/c1-24-12-21-23-20(24)29-18-9-7-15(11-17(18)25(27)28)19(26)22-16-8-6-13-4-2-3-5-14(13)10-16/h2-12H,1H3,(H,22,26). The number of aromatic nitrogens is 3. The topological polar surface area (TPSA) is 103 Å². The Morgan fingerprint density at radius 3 is 2.62 bits per heavy atom. The predicted octanol–water partition coefficient (Wildman–Crippen LogP) is 4.28. The Balaban J connectivity index is 1.60. The summed E-state index contributed by atoms with van der Waals surface area (Å²) in [6, 6.07) is 17.8. The Hall–Kier alpha value is -3.72. The fourth-order valence-electron chi connectivity index (χ4n) is 2.82. The van der Waals surface area contributed by atoms with Crippen LogP contribution in [0.2, 0.25) is 0 Å². The van der Waals surface area contributed by atoms with Crippen LogP contribution in [-0.4, -0.2) is 25.6 Å². The zero-order chi connectivity index (χ0) is 20.4. The molecule has 8 nitrogen and oxygen atoms in total. The van der Waals surface area contributed by atoms with E-state index in [1.165, 1.54) is 12.4 Å². The minimum Gasteiger partial charge on any atom is -0.322 e. The molecular formula is C20H15N5O3S. The molecule has 0 spiro atoms. The van der Waals surface area contributed by atoms with Crippen molar-refractivity contribution in [3.8, 4) is 0 Å². The summed E-state index contributed by atoms with van der Waals surface area (Å²) in [5, 5.41) is 24.6. The monoisotopic (exact) mass is 405 g/mol. The van der Waals surface area contributed by atoms with Gasteiger partial charge in [-0.1, -0.05) is 30.3 Å². The first-order valence-corrected chi connectivity index (χ1v) is 9.43. The number of hydrogen-bond donors (Lipinski definition) is 1. The van der Waals surface area contributed by atoms with Crippen molar-refractivity contribution < 1.29 is 9.72 Å². The van der Waals surface area contributed by atoms with Crippen LogP contribution in [0.5, 0.6) is 0 Å². The number of nitrogens with one attached hydrogen (secondary N) is 1. The van der Waals surface area contributed by atoms with Crippen LogP contribution in [0.1, 0.15) is 10.4 Å². The molecule has 3 aromatic carbocycles. The number of carbonyl (C=O) groups is 1. The van der Waals surface area contributed by atoms with Gasteiger partial charge in [0.05, 0.1) is 9.82 Å². The molecule has 1 aromatic heterocycles. The molecule has 0 aliphatic rings. The Morgan fingerprint density at radius 2 is 1.90 bits per heavy atom. The number of amides is 1. The van der Waals surface area contributed by atoms with Crippen molar-refractivity contribution in [2.24, 2.45) is 7.05 Å². The van der Waals surface area contributed by atoms with Crippen LogP contribution in [0.15, 0.2) is 77.0 Å². The molecule has 9 heteroatoms. The fraction of sp³-hybridized carbons (Fsp3) is 0.0500. The Labute approximate surface area is 169 Å². The van der Waals surface area contributed by atoms with Gasteiger partial charge in [0, 0.05) is 24.4 Å². The van der Waals surface area contributed by atoms with Crippen LogP contribution in [0.25, 0.3) is 10.8 Å². The highest BCUT2D eigenvalue weighted by Gasteiger charge is 2.20. The van der Waals surface area contributed by atoms with Gasteiger partial charge in [0.2, 0.25) is 0 Å². The van der Waals surface area contributed by atoms with E-state index >= 15 is 0 Å². The second-order valence-corrected chi connectivity index (χ2v) is 7.29. The van der Waals surface area contributed by atoms with E-state index in [-0.39, 0.29) is 11.3 Å². The minimum atomic E-state index is -0.508. The summed E-state index contributed by atoms with van der Waals surface area (Å²) in [5.41, 5.74) is 0.658. The number of rotatable bonds is 5. The highest BCUT2D eigenvalue weighted by atomic mass is 32.2. The summed E-state index contributed by atoms with van der Waals surface area (Å²) < 4.78 is 1.66. The number of anilines is 1. The molecule has 0 radical (unpaired) electrons. The normalized spacial score (nSPS) is 10.8. The summed E-state index contributed by atoms with van der Waals surface area (Å²) in [6.45, 7) is 0. The van der Waals surface area contributed by atoms with E-state index in [1.807, 2.05) is 36.4 Å². The second kappa shape index (κ2) is 7.72. The van der Waals surface area contributed by atoms with E-state index in [9.17, 15) is 14.9 Å². The number of aryl methyl sites for hydroxylation is 1. The van der Waals surface area contributed by atoms with Crippen LogP contribution in [-0.2, 0) is 7.05 Å². The SMILES string of the molecule is Cn1cnnc1Sc1ccc(C(=O)Nc2ccc3ccccc3c2)cc1[N+](=O)[O-]. The van der Waals surface area contributed by atoms with Gasteiger partial charge in [-0.05, 0) is 46.8 Å². The third-order valence-corrected chi connectivity index (χ3v) is 5.41. The van der Waals surface area contributed by atoms with Crippen molar-refractivity contribution in [3.63, 3.8) is 0 Å². The van der Waals surface area contributed by atoms with Crippen molar-refractivity contribution in [2.45, 2.75) is 10.1 Å². The number of benzene rings is 3. The largest absolute Gasteiger partial charge is 0.322 e. The molecule has 1 N–H and O–H groups in total. The van der Waals surface area contributed by atoms with Gasteiger partial charge in [0.15, 0.2) is 5.16 Å². The molecule has 1 heterocycles. The second-order valence-electron chi connectivity index (χ2n) is 6.28. The van der Waals surface area contributed by atoms with Crippen LogP contribution < -0.4 is 5.32 Å². The van der Waals surface area contributed by atoms with Gasteiger partial charge in [0.25, 0.3) is 11.6 Å². The fourth-order valence-corrected chi connectivity index (χ4v) is 3.67. The number of carbonyl (C=O) groups excluding carboxylic acids is 1. The Kier molecular flexibility index (Phi) is 4.96. The number of fused-ring (bicyclic) bond motifs is 1. The Morgan fingerprint density at radius 1 is 1.10 bits per heavy atom. The van der Waals surface area contributed by atoms with E-state index < -0.39 is 10.8 Å². The number of nitrogens with zero attached hydrogens (tertiary/aromatic N) is 4. The molecule has 0 fully saturated rings. The van der Waals surface area contributed by atoms with E-state index in [2.05, 4.69) is 15.5 Å². The van der Waals surface area contributed by atoms with Gasteiger partial charge in [-0.3, -0.25) is 14.9 Å². The molecule has 29 heavy (non-hydrogen) atoms. The molecule has 0 saturated heterocycles. The highest BCUT2D eigenvalue weighted by molar-refractivity contribution is 7.99. The summed E-state index contributed by atoms with van der Waals surface area (Å²) in [4.78, 5) is 24.0. The average Bonchev–Trinajstić information content (AvgIpc) is 3.12. The predicted molar refractivity (Wildman–Crippen MR) is 110 cm³/mol. The van der Waals surface area contributed by atoms with Crippen molar-refractivity contribution in [1.29, 1.82) is 0 Å². The maximum absolute atomic E-state index is 12.6. The molecular weight excluding hydrogens is 390 g/mol. The van der Waals surface area contributed by atoms with Crippen molar-refractivity contribution in [2.75, 3.05) is 5.32 Å². The first kappa shape index (κ1) is 18.6. The van der Waals surface area contributed by atoms with Crippen LogP contribution in [0, 0.1) is 10.1 Å². The van der Waals surface area contributed by atoms with Crippen molar-refractivity contribution >= 4 is 39.8 Å². The summed E-state index contributed by atoms with van der Waals surface area (Å²) >= 11 is 1.12. The van der Waals surface area contributed by atoms with Gasteiger partial charge in [0.1, 0.15) is 6.33 Å². The molecule has 0 bridgehead atoms. The Bertz CT molecular complexity index is 1240. The van der Waals surface area contributed by atoms with Crippen molar-refractivity contribution in [3.05, 3.63) is 82.7 Å². The van der Waals surface area contributed by atoms with Crippen LogP contribution >= 0.6 is 11.8 Å². The van der Waals surface area contributed by atoms with Crippen molar-refractivity contribution in [1.82, 2.24) is 14.8 Å². The van der Waals surface area contributed by atoms with Gasteiger partial charge in [-0.15, -0.1) is 10.2 Å². The van der Waals surface area contributed by atoms with E-state index in [4.69, 9.17) is 0 Å². The summed E-state index contributed by atoms with van der Waals surface area (Å²) in [5.74, 6) is -0.418. The maximum Gasteiger partial charge on any atom is 0.284 e. The lowest BCUT2D eigenvalue weighted by atomic mass is 10.1. The highest BCUT2D eigenvalue weighted by Crippen LogP contribution is 2.34. The quantitative estimate of drug-likeness (QED) is 0.393. The molecule has 0 aliphatic heterocycles. The number of nitro groups is 1. The van der Waals surface area contributed by atoms with E-state index in [1.54, 1.807) is 29.8 Å². The molecule has 0 aliphatic carbocycles. The van der Waals surface area contributed by atoms with E-state index in [0.717, 1.165) is 22.5 Å². The lowest BCUT2D eigenvalue weighted by Gasteiger charge is -2.08. The molecule has 0 saturated carbocycles. The van der Waals surface area contributed by atoms with Gasteiger partial charge < -0.3 is 9.88 Å². The number of nitro benzene ring substituents is 1. The molecule has 0 atom stereocenters. The van der Waals surface area contributed by atoms with Gasteiger partial charge >= 0.3 is 0 Å². The van der Waals surface area contributed by atoms with Crippen LogP contribution in [0.4, 0.5) is 11.4 Å². The first-order chi connectivity index (χ1) is 14.0. The maximum atomic E-state index is 12.6. The summed E-state index contributed by atoms with van der Waals surface area (Å²) in [6.07, 6.45) is 1.51. The third kappa shape index (κ3) is 3.94. The first-order valence-electron chi connectivity index (χ1n) is 8.62. The summed E-state index contributed by atoms with van der Waals surface area (Å²) in [7, 11) is 1.75. The zero-order valence-electron chi connectivity index (χ0n) is 15.3. The third-order valence-electron chi connectivity index (χ3n) is 4.30. The van der Waals surface area contributed by atoms with E-state index in [0.29, 0.717) is 15.7 Å². The smallest absolute Gasteiger partial charge is 0.284 e. The molecule has 4 rings (SSSR count). The van der Waals surface area contributed by atoms with Gasteiger partial charge in [-0.2, -0.15) is 0 Å². The molecule has 0 unspecified atom stereocenters. The van der Waals surface area contributed by atoms with Gasteiger partial charge in [-0.25, -0.2) is 0 Å².